The summed E-state index contributed by atoms with van der Waals surface area (Å²) in [4.78, 5) is 2.48. The Morgan fingerprint density at radius 1 is 1.62 bits per heavy atom. The van der Waals surface area contributed by atoms with Crippen LogP contribution in [0.25, 0.3) is 0 Å². The molecule has 0 saturated carbocycles. The normalized spacial score (nSPS) is 28.6. The third-order valence-electron chi connectivity index (χ3n) is 3.47. The smallest absolute Gasteiger partial charge is 0.0777 e. The van der Waals surface area contributed by atoms with Crippen LogP contribution < -0.4 is 5.32 Å². The molecule has 0 aromatic carbocycles. The Morgan fingerprint density at radius 2 is 2.38 bits per heavy atom. The second kappa shape index (κ2) is 6.24. The zero-order valence-corrected chi connectivity index (χ0v) is 10.8. The quantitative estimate of drug-likeness (QED) is 0.559. The lowest BCUT2D eigenvalue weighted by atomic mass is 9.94. The van der Waals surface area contributed by atoms with Crippen molar-refractivity contribution in [3.05, 3.63) is 0 Å². The summed E-state index contributed by atoms with van der Waals surface area (Å²) in [6.45, 7) is 8.22. The van der Waals surface area contributed by atoms with Crippen molar-refractivity contribution < 1.29 is 4.74 Å². The molecule has 2 atom stereocenters. The Hall–Kier alpha value is -0.560. The average Bonchev–Trinajstić information content (AvgIpc) is 2.29. The van der Waals surface area contributed by atoms with E-state index >= 15 is 0 Å². The van der Waals surface area contributed by atoms with E-state index in [1.54, 1.807) is 0 Å². The van der Waals surface area contributed by atoms with Crippen molar-refractivity contribution in [2.75, 3.05) is 33.3 Å². The predicted molar refractivity (Wildman–Crippen MR) is 67.4 cm³/mol. The Bertz CT molecular complexity index is 249. The first-order valence-corrected chi connectivity index (χ1v) is 6.05. The van der Waals surface area contributed by atoms with E-state index in [-0.39, 0.29) is 5.60 Å². The monoisotopic (exact) mass is 224 g/mol. The number of hydrogen-bond donors (Lipinski definition) is 1. The summed E-state index contributed by atoms with van der Waals surface area (Å²) in [6.07, 6.45) is 7.58. The lowest BCUT2D eigenvalue weighted by molar-refractivity contribution is -0.0592. The number of hydrogen-bond acceptors (Lipinski definition) is 3. The highest BCUT2D eigenvalue weighted by atomic mass is 16.5. The zero-order chi connectivity index (χ0) is 12.0. The minimum absolute atomic E-state index is 0.0264. The maximum Gasteiger partial charge on any atom is 0.0777 e. The zero-order valence-electron chi connectivity index (χ0n) is 10.8. The highest BCUT2D eigenvalue weighted by Gasteiger charge is 2.32. The van der Waals surface area contributed by atoms with Gasteiger partial charge in [0.05, 0.1) is 12.1 Å². The van der Waals surface area contributed by atoms with Gasteiger partial charge >= 0.3 is 0 Å². The van der Waals surface area contributed by atoms with Crippen LogP contribution in [0.5, 0.6) is 0 Å². The van der Waals surface area contributed by atoms with Gasteiger partial charge in [0.15, 0.2) is 0 Å². The van der Waals surface area contributed by atoms with Gasteiger partial charge in [0.1, 0.15) is 0 Å². The van der Waals surface area contributed by atoms with Gasteiger partial charge in [0.25, 0.3) is 0 Å². The van der Waals surface area contributed by atoms with Gasteiger partial charge in [-0.25, -0.2) is 0 Å². The van der Waals surface area contributed by atoms with Crippen LogP contribution in [-0.4, -0.2) is 49.8 Å². The van der Waals surface area contributed by atoms with E-state index in [0.29, 0.717) is 12.6 Å². The van der Waals surface area contributed by atoms with Crippen molar-refractivity contribution in [3.8, 4) is 12.3 Å². The molecule has 92 valence electrons. The molecule has 3 nitrogen and oxygen atoms in total. The van der Waals surface area contributed by atoms with Crippen LogP contribution in [-0.2, 0) is 4.74 Å². The third-order valence-corrected chi connectivity index (χ3v) is 3.47. The van der Waals surface area contributed by atoms with Crippen molar-refractivity contribution in [1.82, 2.24) is 10.2 Å². The fraction of sp³-hybridized carbons (Fsp3) is 0.846. The molecule has 2 unspecified atom stereocenters. The molecule has 0 bridgehead atoms. The number of terminal acetylenes is 1. The summed E-state index contributed by atoms with van der Waals surface area (Å²) >= 11 is 0. The van der Waals surface area contributed by atoms with E-state index in [9.17, 15) is 0 Å². The molecule has 0 amide bonds. The van der Waals surface area contributed by atoms with E-state index in [1.807, 2.05) is 7.11 Å². The number of ether oxygens (including phenoxy) is 1. The highest BCUT2D eigenvalue weighted by Crippen LogP contribution is 2.24. The van der Waals surface area contributed by atoms with Gasteiger partial charge in [0.2, 0.25) is 0 Å². The Kier molecular flexibility index (Phi) is 5.27. The molecular weight excluding hydrogens is 200 g/mol. The van der Waals surface area contributed by atoms with Crippen LogP contribution in [0, 0.1) is 12.3 Å². The molecule has 1 rings (SSSR count). The number of methoxy groups -OCH3 is 1. The second-order valence-corrected chi connectivity index (χ2v) is 4.91. The van der Waals surface area contributed by atoms with Gasteiger partial charge < -0.3 is 10.1 Å². The summed E-state index contributed by atoms with van der Waals surface area (Å²) < 4.78 is 5.59. The third kappa shape index (κ3) is 3.79. The number of piperidine rings is 1. The molecule has 0 spiro atoms. The standard InChI is InChI=1S/C13H24N2O/c1-5-8-14-10-12(2)15-9-6-7-13(3,11-15)16-4/h1,12,14H,6-11H2,2-4H3. The van der Waals surface area contributed by atoms with E-state index in [0.717, 1.165) is 26.1 Å². The van der Waals surface area contributed by atoms with Crippen LogP contribution in [0.4, 0.5) is 0 Å². The largest absolute Gasteiger partial charge is 0.377 e. The number of rotatable bonds is 5. The van der Waals surface area contributed by atoms with Gasteiger partial charge in [0, 0.05) is 26.2 Å². The molecule has 0 aromatic rings. The molecule has 0 radical (unpaired) electrons. The van der Waals surface area contributed by atoms with Crippen molar-refractivity contribution >= 4 is 0 Å². The SMILES string of the molecule is C#CCNCC(C)N1CCCC(C)(OC)C1. The van der Waals surface area contributed by atoms with Gasteiger partial charge in [-0.3, -0.25) is 4.90 Å². The molecule has 1 fully saturated rings. The van der Waals surface area contributed by atoms with Crippen LogP contribution in [0.15, 0.2) is 0 Å². The summed E-state index contributed by atoms with van der Waals surface area (Å²) in [5.74, 6) is 2.60. The van der Waals surface area contributed by atoms with Crippen molar-refractivity contribution in [1.29, 1.82) is 0 Å². The summed E-state index contributed by atoms with van der Waals surface area (Å²) in [5.41, 5.74) is 0.0264. The van der Waals surface area contributed by atoms with Crippen LogP contribution >= 0.6 is 0 Å². The first-order chi connectivity index (χ1) is 7.61. The molecule has 1 aliphatic rings. The topological polar surface area (TPSA) is 24.5 Å². The molecule has 1 saturated heterocycles. The molecule has 0 aromatic heterocycles. The summed E-state index contributed by atoms with van der Waals surface area (Å²) in [7, 11) is 1.81. The first kappa shape index (κ1) is 13.5. The van der Waals surface area contributed by atoms with E-state index in [4.69, 9.17) is 11.2 Å². The van der Waals surface area contributed by atoms with Crippen molar-refractivity contribution in [2.45, 2.75) is 38.3 Å². The molecular formula is C13H24N2O. The molecule has 3 heteroatoms. The highest BCUT2D eigenvalue weighted by molar-refractivity contribution is 4.89. The summed E-state index contributed by atoms with van der Waals surface area (Å²) in [6, 6.07) is 0.517. The maximum atomic E-state index is 5.59. The molecule has 1 N–H and O–H groups in total. The molecule has 1 heterocycles. The number of nitrogens with one attached hydrogen (secondary N) is 1. The van der Waals surface area contributed by atoms with Gasteiger partial charge in [-0.1, -0.05) is 5.92 Å². The second-order valence-electron chi connectivity index (χ2n) is 4.91. The van der Waals surface area contributed by atoms with Crippen LogP contribution in [0.1, 0.15) is 26.7 Å². The number of nitrogens with zero attached hydrogens (tertiary/aromatic N) is 1. The first-order valence-electron chi connectivity index (χ1n) is 6.05. The maximum absolute atomic E-state index is 5.59. The lowest BCUT2D eigenvalue weighted by Crippen LogP contribution is -2.52. The number of likely N-dealkylation sites (tertiary alicyclic amines) is 1. The lowest BCUT2D eigenvalue weighted by Gasteiger charge is -2.42. The molecule has 16 heavy (non-hydrogen) atoms. The fourth-order valence-corrected chi connectivity index (χ4v) is 2.27. The van der Waals surface area contributed by atoms with Crippen molar-refractivity contribution in [2.24, 2.45) is 0 Å². The Morgan fingerprint density at radius 3 is 3.00 bits per heavy atom. The van der Waals surface area contributed by atoms with Gasteiger partial charge in [-0.2, -0.15) is 0 Å². The molecule has 1 aliphatic heterocycles. The van der Waals surface area contributed by atoms with E-state index < -0.39 is 0 Å². The van der Waals surface area contributed by atoms with E-state index in [2.05, 4.69) is 30.0 Å². The van der Waals surface area contributed by atoms with E-state index in [1.165, 1.54) is 6.42 Å². The Labute approximate surface area is 99.5 Å². The van der Waals surface area contributed by atoms with Crippen LogP contribution in [0.3, 0.4) is 0 Å². The fourth-order valence-electron chi connectivity index (χ4n) is 2.27. The van der Waals surface area contributed by atoms with Gasteiger partial charge in [-0.05, 0) is 33.2 Å². The van der Waals surface area contributed by atoms with Crippen molar-refractivity contribution in [3.63, 3.8) is 0 Å². The Balaban J connectivity index is 2.38. The minimum atomic E-state index is 0.0264. The summed E-state index contributed by atoms with van der Waals surface area (Å²) in [5, 5.41) is 3.26. The average molecular weight is 224 g/mol. The molecule has 0 aliphatic carbocycles. The van der Waals surface area contributed by atoms with Crippen LogP contribution in [0.2, 0.25) is 0 Å². The van der Waals surface area contributed by atoms with Gasteiger partial charge in [-0.15, -0.1) is 6.42 Å². The minimum Gasteiger partial charge on any atom is -0.377 e. The predicted octanol–water partition coefficient (Wildman–Crippen LogP) is 1.10.